The van der Waals surface area contributed by atoms with Crippen LogP contribution in [0.15, 0.2) is 18.2 Å². The highest BCUT2D eigenvalue weighted by atomic mass is 16.3. The molecule has 34 heavy (non-hydrogen) atoms. The number of phenolic OH excluding ortho intramolecular Hbond substituents is 1. The predicted octanol–water partition coefficient (Wildman–Crippen LogP) is 3.44. The number of benzene rings is 1. The van der Waals surface area contributed by atoms with E-state index in [1.54, 1.807) is 0 Å². The lowest BCUT2D eigenvalue weighted by atomic mass is 9.43. The van der Waals surface area contributed by atoms with Crippen LogP contribution in [0.5, 0.6) is 5.75 Å². The second kappa shape index (κ2) is 7.00. The summed E-state index contributed by atoms with van der Waals surface area (Å²) in [6.45, 7) is 4.18. The summed E-state index contributed by atoms with van der Waals surface area (Å²) in [5, 5.41) is 14.1. The topological polar surface area (TPSA) is 55.8 Å². The van der Waals surface area contributed by atoms with Crippen molar-refractivity contribution in [2.75, 3.05) is 26.2 Å². The molecule has 0 aromatic heterocycles. The molecule has 4 bridgehead atoms. The van der Waals surface area contributed by atoms with E-state index >= 15 is 0 Å². The molecule has 0 spiro atoms. The largest absolute Gasteiger partial charge is 0.508 e. The second-order valence-corrected chi connectivity index (χ2v) is 12.9. The highest BCUT2D eigenvalue weighted by Gasteiger charge is 2.76. The average molecular weight is 462 g/mol. The molecule has 182 valence electrons. The van der Waals surface area contributed by atoms with Crippen LogP contribution < -0.4 is 5.32 Å². The number of carbonyl (C=O) groups is 1. The molecule has 3 saturated carbocycles. The summed E-state index contributed by atoms with van der Waals surface area (Å²) in [7, 11) is 0. The van der Waals surface area contributed by atoms with Crippen molar-refractivity contribution in [3.05, 3.63) is 29.3 Å². The van der Waals surface area contributed by atoms with E-state index in [1.165, 1.54) is 62.6 Å². The van der Waals surface area contributed by atoms with E-state index in [-0.39, 0.29) is 11.3 Å². The molecule has 5 nitrogen and oxygen atoms in total. The standard InChI is InChI=1S/C29H39N3O2/c33-22-5-4-19-14-25-28-9-6-24-26(20(16-28)17-32(24)27(34)18-7-11-30-12-8-18)29(28,23(19)15-22)10-13-31(25)21-2-1-3-21/h4-5,15,18,20-21,24-26,30,33H,1-3,6-14,16-17H2/t20-,24?,25?,26?,28?,29?/m1/s1. The number of amides is 1. The van der Waals surface area contributed by atoms with Crippen molar-refractivity contribution >= 4 is 5.91 Å². The van der Waals surface area contributed by atoms with Gasteiger partial charge < -0.3 is 15.3 Å². The first-order valence-corrected chi connectivity index (χ1v) is 14.2. The Morgan fingerprint density at radius 3 is 2.74 bits per heavy atom. The predicted molar refractivity (Wildman–Crippen MR) is 131 cm³/mol. The molecule has 3 aliphatic heterocycles. The fourth-order valence-corrected chi connectivity index (χ4v) is 10.7. The average Bonchev–Trinajstić information content (AvgIpc) is 3.26. The van der Waals surface area contributed by atoms with Crippen LogP contribution in [0.25, 0.3) is 0 Å². The van der Waals surface area contributed by atoms with E-state index < -0.39 is 0 Å². The van der Waals surface area contributed by atoms with Crippen LogP contribution in [0.3, 0.4) is 0 Å². The maximum Gasteiger partial charge on any atom is 0.226 e. The Hall–Kier alpha value is -1.59. The molecule has 1 aromatic carbocycles. The zero-order valence-corrected chi connectivity index (χ0v) is 20.3. The molecule has 4 aliphatic carbocycles. The van der Waals surface area contributed by atoms with Crippen molar-refractivity contribution in [3.63, 3.8) is 0 Å². The Morgan fingerprint density at radius 2 is 1.94 bits per heavy atom. The van der Waals surface area contributed by atoms with Crippen LogP contribution in [0, 0.1) is 23.2 Å². The number of aromatic hydroxyl groups is 1. The van der Waals surface area contributed by atoms with E-state index in [0.29, 0.717) is 41.0 Å². The highest BCUT2D eigenvalue weighted by molar-refractivity contribution is 5.80. The number of rotatable bonds is 2. The lowest BCUT2D eigenvalue weighted by Gasteiger charge is -2.68. The number of hydrogen-bond donors (Lipinski definition) is 2. The quantitative estimate of drug-likeness (QED) is 0.709. The van der Waals surface area contributed by atoms with Gasteiger partial charge in [0.2, 0.25) is 5.91 Å². The smallest absolute Gasteiger partial charge is 0.226 e. The SMILES string of the molecule is O=C(C1CCNCC1)N1C[C@H]2CC34CCC1C2C31CCN(C2CCC2)C4Cc2ccc(O)cc21. The van der Waals surface area contributed by atoms with Gasteiger partial charge in [0.05, 0.1) is 0 Å². The van der Waals surface area contributed by atoms with Crippen LogP contribution in [-0.4, -0.2) is 65.1 Å². The third-order valence-electron chi connectivity index (χ3n) is 12.0. The number of phenols is 1. The summed E-state index contributed by atoms with van der Waals surface area (Å²) >= 11 is 0. The van der Waals surface area contributed by atoms with Gasteiger partial charge in [-0.15, -0.1) is 0 Å². The first kappa shape index (κ1) is 20.6. The van der Waals surface area contributed by atoms with Crippen molar-refractivity contribution in [3.8, 4) is 5.75 Å². The van der Waals surface area contributed by atoms with Crippen molar-refractivity contribution < 1.29 is 9.90 Å². The van der Waals surface area contributed by atoms with E-state index in [4.69, 9.17) is 0 Å². The van der Waals surface area contributed by atoms with Crippen LogP contribution in [-0.2, 0) is 16.6 Å². The minimum Gasteiger partial charge on any atom is -0.508 e. The van der Waals surface area contributed by atoms with Gasteiger partial charge in [-0.05, 0) is 118 Å². The number of nitrogens with zero attached hydrogens (tertiary/aromatic N) is 2. The molecule has 0 radical (unpaired) electrons. The van der Waals surface area contributed by atoms with Gasteiger partial charge in [0.1, 0.15) is 5.75 Å². The first-order chi connectivity index (χ1) is 16.6. The number of hydrogen-bond acceptors (Lipinski definition) is 4. The van der Waals surface area contributed by atoms with Gasteiger partial charge in [0.25, 0.3) is 0 Å². The summed E-state index contributed by atoms with van der Waals surface area (Å²) in [5.74, 6) is 2.33. The van der Waals surface area contributed by atoms with Crippen LogP contribution in [0.2, 0.25) is 0 Å². The molecule has 5 heteroatoms. The number of fused-ring (bicyclic) bond motifs is 1. The van der Waals surface area contributed by atoms with Gasteiger partial charge in [0, 0.05) is 36.0 Å². The Bertz CT molecular complexity index is 1030. The van der Waals surface area contributed by atoms with E-state index in [2.05, 4.69) is 27.2 Å². The molecule has 5 unspecified atom stereocenters. The molecule has 6 fully saturated rings. The lowest BCUT2D eigenvalue weighted by Crippen LogP contribution is -2.71. The van der Waals surface area contributed by atoms with Crippen LogP contribution in [0.1, 0.15) is 68.9 Å². The van der Waals surface area contributed by atoms with Gasteiger partial charge in [-0.25, -0.2) is 0 Å². The third kappa shape index (κ3) is 2.37. The molecule has 6 atom stereocenters. The molecule has 1 aromatic rings. The number of likely N-dealkylation sites (tertiary alicyclic amines) is 2. The fourth-order valence-electron chi connectivity index (χ4n) is 10.7. The fraction of sp³-hybridized carbons (Fsp3) is 0.759. The maximum atomic E-state index is 13.8. The van der Waals surface area contributed by atoms with Crippen molar-refractivity contribution in [1.82, 2.24) is 15.1 Å². The van der Waals surface area contributed by atoms with Crippen molar-refractivity contribution in [2.24, 2.45) is 23.2 Å². The van der Waals surface area contributed by atoms with E-state index in [9.17, 15) is 9.90 Å². The summed E-state index contributed by atoms with van der Waals surface area (Å²) in [5.41, 5.74) is 3.47. The van der Waals surface area contributed by atoms with Gasteiger partial charge in [-0.1, -0.05) is 12.5 Å². The Labute approximate surface area is 203 Å². The summed E-state index contributed by atoms with van der Waals surface area (Å²) in [6.07, 6.45) is 12.3. The number of nitrogens with one attached hydrogen (secondary N) is 1. The molecule has 8 rings (SSSR count). The maximum absolute atomic E-state index is 13.8. The van der Waals surface area contributed by atoms with Gasteiger partial charge in [-0.2, -0.15) is 0 Å². The van der Waals surface area contributed by atoms with Crippen LogP contribution >= 0.6 is 0 Å². The van der Waals surface area contributed by atoms with Crippen molar-refractivity contribution in [1.29, 1.82) is 0 Å². The highest BCUT2D eigenvalue weighted by Crippen LogP contribution is 2.75. The third-order valence-corrected chi connectivity index (χ3v) is 12.0. The Balaban J connectivity index is 1.23. The lowest BCUT2D eigenvalue weighted by molar-refractivity contribution is -0.147. The molecule has 1 amide bonds. The molecule has 2 N–H and O–H groups in total. The summed E-state index contributed by atoms with van der Waals surface area (Å²) in [4.78, 5) is 19.1. The monoisotopic (exact) mass is 461 g/mol. The molecule has 3 heterocycles. The minimum absolute atomic E-state index is 0.154. The van der Waals surface area contributed by atoms with Crippen LogP contribution in [0.4, 0.5) is 0 Å². The van der Waals surface area contributed by atoms with Gasteiger partial charge >= 0.3 is 0 Å². The zero-order chi connectivity index (χ0) is 22.7. The first-order valence-electron chi connectivity index (χ1n) is 14.2. The zero-order valence-electron chi connectivity index (χ0n) is 20.3. The molecular weight excluding hydrogens is 422 g/mol. The molecule has 7 aliphatic rings. The molecule has 3 saturated heterocycles. The minimum atomic E-state index is 0.154. The summed E-state index contributed by atoms with van der Waals surface area (Å²) in [6, 6.07) is 8.18. The Kier molecular flexibility index (Phi) is 4.24. The van der Waals surface area contributed by atoms with Gasteiger partial charge in [0.15, 0.2) is 0 Å². The normalized spacial score (nSPS) is 43.4. The van der Waals surface area contributed by atoms with Crippen molar-refractivity contribution in [2.45, 2.75) is 87.7 Å². The summed E-state index contributed by atoms with van der Waals surface area (Å²) < 4.78 is 0. The van der Waals surface area contributed by atoms with E-state index in [0.717, 1.165) is 44.9 Å². The second-order valence-electron chi connectivity index (χ2n) is 12.9. The molecular formula is C29H39N3O2. The number of piperidine rings is 2. The van der Waals surface area contributed by atoms with E-state index in [1.807, 2.05) is 6.07 Å². The number of carbonyl (C=O) groups excluding carboxylic acids is 1. The van der Waals surface area contributed by atoms with Gasteiger partial charge in [-0.3, -0.25) is 9.69 Å². The Morgan fingerprint density at radius 1 is 1.09 bits per heavy atom.